The lowest BCUT2D eigenvalue weighted by atomic mass is 10.0. The summed E-state index contributed by atoms with van der Waals surface area (Å²) in [5.74, 6) is -1.81. The number of carbonyl (C=O) groups is 4. The zero-order valence-corrected chi connectivity index (χ0v) is 20.2. The summed E-state index contributed by atoms with van der Waals surface area (Å²) in [5.41, 5.74) is 2.46. The van der Waals surface area contributed by atoms with Gasteiger partial charge in [0.2, 0.25) is 5.91 Å². The molecule has 2 heterocycles. The van der Waals surface area contributed by atoms with Gasteiger partial charge < -0.3 is 10.1 Å². The van der Waals surface area contributed by atoms with E-state index in [0.717, 1.165) is 19.8 Å². The molecular weight excluding hydrogens is 508 g/mol. The Balaban J connectivity index is 1.53. The number of amides is 3. The second-order valence-corrected chi connectivity index (χ2v) is 9.48. The van der Waals surface area contributed by atoms with Gasteiger partial charge in [-0.25, -0.2) is 4.79 Å². The standard InChI is InChI=1S/C24H19BrN2O5S/c1-13-19(14-7-9-15(25)10-8-14)20(24(31)32-2)21(33-13)26-18(28)11-12-27-22(29)16-5-3-4-6-17(16)23(27)30/h3-10H,11-12H2,1-2H3,(H,26,28). The van der Waals surface area contributed by atoms with Crippen LogP contribution in [0.1, 0.15) is 42.4 Å². The van der Waals surface area contributed by atoms with Crippen LogP contribution in [0.15, 0.2) is 53.0 Å². The number of aryl methyl sites for hydroxylation is 1. The van der Waals surface area contributed by atoms with Crippen LogP contribution in [0.2, 0.25) is 0 Å². The number of carbonyl (C=O) groups excluding carboxylic acids is 4. The zero-order valence-electron chi connectivity index (χ0n) is 17.8. The molecule has 0 unspecified atom stereocenters. The van der Waals surface area contributed by atoms with Crippen LogP contribution in [0, 0.1) is 6.92 Å². The molecule has 3 amide bonds. The minimum Gasteiger partial charge on any atom is -0.465 e. The van der Waals surface area contributed by atoms with Crippen LogP contribution in [0.4, 0.5) is 5.00 Å². The molecule has 0 spiro atoms. The van der Waals surface area contributed by atoms with Crippen molar-refractivity contribution in [3.8, 4) is 11.1 Å². The molecule has 1 aromatic heterocycles. The van der Waals surface area contributed by atoms with E-state index >= 15 is 0 Å². The molecule has 0 atom stereocenters. The van der Waals surface area contributed by atoms with Gasteiger partial charge in [-0.3, -0.25) is 19.3 Å². The number of fused-ring (bicyclic) bond motifs is 1. The lowest BCUT2D eigenvalue weighted by molar-refractivity contribution is -0.116. The van der Waals surface area contributed by atoms with Gasteiger partial charge in [-0.1, -0.05) is 40.2 Å². The molecule has 168 valence electrons. The molecule has 9 heteroatoms. The summed E-state index contributed by atoms with van der Waals surface area (Å²) in [7, 11) is 1.29. The number of nitrogens with one attached hydrogen (secondary N) is 1. The SMILES string of the molecule is COC(=O)c1c(NC(=O)CCN2C(=O)c3ccccc3C2=O)sc(C)c1-c1ccc(Br)cc1. The Kier molecular flexibility index (Phi) is 6.44. The molecule has 3 aromatic rings. The first-order valence-electron chi connectivity index (χ1n) is 10.0. The first-order valence-corrected chi connectivity index (χ1v) is 11.7. The third-order valence-corrected chi connectivity index (χ3v) is 6.85. The van der Waals surface area contributed by atoms with Crippen molar-refractivity contribution in [2.45, 2.75) is 13.3 Å². The molecule has 4 rings (SSSR count). The van der Waals surface area contributed by atoms with Crippen LogP contribution in [0.25, 0.3) is 11.1 Å². The summed E-state index contributed by atoms with van der Waals surface area (Å²) in [4.78, 5) is 52.2. The smallest absolute Gasteiger partial charge is 0.341 e. The average molecular weight is 527 g/mol. The number of nitrogens with zero attached hydrogens (tertiary/aromatic N) is 1. The average Bonchev–Trinajstić information content (AvgIpc) is 3.26. The van der Waals surface area contributed by atoms with Gasteiger partial charge in [0.1, 0.15) is 10.6 Å². The second-order valence-electron chi connectivity index (χ2n) is 7.34. The van der Waals surface area contributed by atoms with Crippen LogP contribution < -0.4 is 5.32 Å². The van der Waals surface area contributed by atoms with Crippen molar-refractivity contribution >= 4 is 56.0 Å². The highest BCUT2D eigenvalue weighted by Crippen LogP contribution is 2.40. The topological polar surface area (TPSA) is 92.8 Å². The van der Waals surface area contributed by atoms with Crippen molar-refractivity contribution in [1.82, 2.24) is 4.90 Å². The number of halogens is 1. The number of imide groups is 1. The monoisotopic (exact) mass is 526 g/mol. The molecule has 1 aliphatic heterocycles. The maximum Gasteiger partial charge on any atom is 0.341 e. The number of anilines is 1. The number of rotatable bonds is 6. The zero-order chi connectivity index (χ0) is 23.7. The van der Waals surface area contributed by atoms with Crippen molar-refractivity contribution in [2.24, 2.45) is 0 Å². The number of hydrogen-bond donors (Lipinski definition) is 1. The summed E-state index contributed by atoms with van der Waals surface area (Å²) in [6, 6.07) is 14.1. The predicted molar refractivity (Wildman–Crippen MR) is 129 cm³/mol. The summed E-state index contributed by atoms with van der Waals surface area (Å²) in [5, 5.41) is 3.13. The Hall–Kier alpha value is -3.30. The predicted octanol–water partition coefficient (Wildman–Crippen LogP) is 4.90. The maximum absolute atomic E-state index is 12.7. The molecule has 7 nitrogen and oxygen atoms in total. The van der Waals surface area contributed by atoms with Crippen molar-refractivity contribution in [1.29, 1.82) is 0 Å². The molecule has 33 heavy (non-hydrogen) atoms. The van der Waals surface area contributed by atoms with E-state index in [-0.39, 0.29) is 18.5 Å². The largest absolute Gasteiger partial charge is 0.465 e. The Labute approximate surface area is 202 Å². The summed E-state index contributed by atoms with van der Waals surface area (Å²) in [6.45, 7) is 1.80. The van der Waals surface area contributed by atoms with E-state index in [4.69, 9.17) is 4.74 Å². The summed E-state index contributed by atoms with van der Waals surface area (Å²) < 4.78 is 5.88. The number of benzene rings is 2. The normalized spacial score (nSPS) is 12.6. The van der Waals surface area contributed by atoms with Gasteiger partial charge in [0.05, 0.1) is 18.2 Å². The highest BCUT2D eigenvalue weighted by atomic mass is 79.9. The molecule has 2 aromatic carbocycles. The van der Waals surface area contributed by atoms with E-state index in [1.807, 2.05) is 31.2 Å². The number of methoxy groups -OCH3 is 1. The van der Waals surface area contributed by atoms with Crippen molar-refractivity contribution < 1.29 is 23.9 Å². The molecule has 0 aliphatic carbocycles. The van der Waals surface area contributed by atoms with Gasteiger partial charge in [0, 0.05) is 27.9 Å². The van der Waals surface area contributed by atoms with Crippen LogP contribution in [-0.4, -0.2) is 42.2 Å². The van der Waals surface area contributed by atoms with Crippen molar-refractivity contribution in [2.75, 3.05) is 19.0 Å². The van der Waals surface area contributed by atoms with Crippen molar-refractivity contribution in [3.05, 3.63) is 74.6 Å². The van der Waals surface area contributed by atoms with Gasteiger partial charge in [0.25, 0.3) is 11.8 Å². The highest BCUT2D eigenvalue weighted by molar-refractivity contribution is 9.10. The lowest BCUT2D eigenvalue weighted by Crippen LogP contribution is -2.32. The van der Waals surface area contributed by atoms with Gasteiger partial charge in [0.15, 0.2) is 0 Å². The lowest BCUT2D eigenvalue weighted by Gasteiger charge is -2.13. The maximum atomic E-state index is 12.7. The van der Waals surface area contributed by atoms with Gasteiger partial charge in [-0.2, -0.15) is 0 Å². The second kappa shape index (κ2) is 9.29. The Bertz CT molecular complexity index is 1250. The van der Waals surface area contributed by atoms with E-state index < -0.39 is 23.7 Å². The van der Waals surface area contributed by atoms with E-state index in [2.05, 4.69) is 21.2 Å². The number of hydrogen-bond acceptors (Lipinski definition) is 6. The Morgan fingerprint density at radius 3 is 2.21 bits per heavy atom. The highest BCUT2D eigenvalue weighted by Gasteiger charge is 2.35. The minimum absolute atomic E-state index is 0.0599. The van der Waals surface area contributed by atoms with E-state index in [1.54, 1.807) is 24.3 Å². The minimum atomic E-state index is -0.562. The Morgan fingerprint density at radius 1 is 1.03 bits per heavy atom. The fourth-order valence-electron chi connectivity index (χ4n) is 3.74. The first-order chi connectivity index (χ1) is 15.8. The van der Waals surface area contributed by atoms with Gasteiger partial charge >= 0.3 is 5.97 Å². The van der Waals surface area contributed by atoms with Crippen LogP contribution in [0.5, 0.6) is 0 Å². The molecule has 0 fully saturated rings. The van der Waals surface area contributed by atoms with Crippen LogP contribution in [0.3, 0.4) is 0 Å². The number of ether oxygens (including phenoxy) is 1. The number of thiophene rings is 1. The third kappa shape index (κ3) is 4.34. The first kappa shape index (κ1) is 22.9. The van der Waals surface area contributed by atoms with Crippen molar-refractivity contribution in [3.63, 3.8) is 0 Å². The van der Waals surface area contributed by atoms with Crippen LogP contribution in [-0.2, 0) is 9.53 Å². The van der Waals surface area contributed by atoms with E-state index in [0.29, 0.717) is 21.7 Å². The number of esters is 1. The van der Waals surface area contributed by atoms with Gasteiger partial charge in [-0.05, 0) is 36.8 Å². The third-order valence-electron chi connectivity index (χ3n) is 5.30. The molecule has 1 N–H and O–H groups in total. The summed E-state index contributed by atoms with van der Waals surface area (Å²) >= 11 is 4.67. The van der Waals surface area contributed by atoms with Gasteiger partial charge in [-0.15, -0.1) is 11.3 Å². The quantitative estimate of drug-likeness (QED) is 0.364. The molecular formula is C24H19BrN2O5S. The van der Waals surface area contributed by atoms with Crippen LogP contribution >= 0.6 is 27.3 Å². The molecule has 1 aliphatic rings. The fourth-order valence-corrected chi connectivity index (χ4v) is 5.08. The summed E-state index contributed by atoms with van der Waals surface area (Å²) in [6.07, 6.45) is -0.101. The molecule has 0 radical (unpaired) electrons. The Morgan fingerprint density at radius 2 is 1.64 bits per heavy atom. The fraction of sp³-hybridized carbons (Fsp3) is 0.167. The molecule has 0 saturated heterocycles. The van der Waals surface area contributed by atoms with E-state index in [9.17, 15) is 19.2 Å². The van der Waals surface area contributed by atoms with E-state index in [1.165, 1.54) is 18.4 Å². The molecule has 0 saturated carbocycles. The molecule has 0 bridgehead atoms.